The first kappa shape index (κ1) is 12.2. The molecular weight excluding hydrogens is 222 g/mol. The van der Waals surface area contributed by atoms with E-state index in [2.05, 4.69) is 38.2 Å². The van der Waals surface area contributed by atoms with Gasteiger partial charge in [-0.25, -0.2) is 0 Å². The van der Waals surface area contributed by atoms with Gasteiger partial charge in [0.25, 0.3) is 0 Å². The van der Waals surface area contributed by atoms with Crippen molar-refractivity contribution in [1.82, 2.24) is 5.32 Å². The molecule has 0 aliphatic carbocycles. The van der Waals surface area contributed by atoms with Crippen LogP contribution in [0.5, 0.6) is 0 Å². The molecule has 0 aromatic heterocycles. The summed E-state index contributed by atoms with van der Waals surface area (Å²) in [5.41, 5.74) is 6.00. The number of hydrogen-bond acceptors (Lipinski definition) is 2. The first-order chi connectivity index (χ1) is 8.55. The minimum Gasteiger partial charge on any atom is -0.372 e. The second-order valence-electron chi connectivity index (χ2n) is 6.59. The summed E-state index contributed by atoms with van der Waals surface area (Å²) in [6.45, 7) is 9.61. The molecule has 0 saturated carbocycles. The average molecular weight is 245 g/mol. The number of rotatable bonds is 1. The van der Waals surface area contributed by atoms with Crippen molar-refractivity contribution in [3.8, 4) is 0 Å². The molecular formula is C16H23NO. The predicted octanol–water partition coefficient (Wildman–Crippen LogP) is 3.44. The Morgan fingerprint density at radius 1 is 1.22 bits per heavy atom. The van der Waals surface area contributed by atoms with Crippen molar-refractivity contribution in [2.24, 2.45) is 0 Å². The number of fused-ring (bicyclic) bond motifs is 1. The number of nitrogens with one attached hydrogen (secondary N) is 1. The topological polar surface area (TPSA) is 21.3 Å². The zero-order valence-electron chi connectivity index (χ0n) is 11.7. The van der Waals surface area contributed by atoms with Crippen LogP contribution >= 0.6 is 0 Å². The molecule has 1 saturated heterocycles. The summed E-state index contributed by atoms with van der Waals surface area (Å²) < 4.78 is 5.66. The highest BCUT2D eigenvalue weighted by atomic mass is 16.5. The number of hydrogen-bond donors (Lipinski definition) is 1. The van der Waals surface area contributed by atoms with Gasteiger partial charge < -0.3 is 10.1 Å². The molecule has 0 amide bonds. The highest BCUT2D eigenvalue weighted by Gasteiger charge is 2.26. The Morgan fingerprint density at radius 2 is 2.06 bits per heavy atom. The van der Waals surface area contributed by atoms with E-state index < -0.39 is 0 Å². The van der Waals surface area contributed by atoms with Crippen molar-refractivity contribution in [2.75, 3.05) is 6.54 Å². The Balaban J connectivity index is 2.08. The maximum Gasteiger partial charge on any atom is 0.0728 e. The predicted molar refractivity (Wildman–Crippen MR) is 73.6 cm³/mol. The number of benzene rings is 1. The minimum absolute atomic E-state index is 0.213. The van der Waals surface area contributed by atoms with Crippen LogP contribution in [-0.4, -0.2) is 6.54 Å². The lowest BCUT2D eigenvalue weighted by molar-refractivity contribution is 0.134. The van der Waals surface area contributed by atoms with Crippen molar-refractivity contribution in [3.63, 3.8) is 0 Å². The van der Waals surface area contributed by atoms with E-state index in [4.69, 9.17) is 4.74 Å². The van der Waals surface area contributed by atoms with Gasteiger partial charge in [-0.3, -0.25) is 0 Å². The monoisotopic (exact) mass is 245 g/mol. The van der Waals surface area contributed by atoms with E-state index >= 15 is 0 Å². The van der Waals surface area contributed by atoms with Crippen LogP contribution < -0.4 is 5.32 Å². The van der Waals surface area contributed by atoms with Crippen molar-refractivity contribution < 1.29 is 4.74 Å². The third-order valence-electron chi connectivity index (χ3n) is 4.18. The lowest BCUT2D eigenvalue weighted by Crippen LogP contribution is -2.18. The maximum atomic E-state index is 5.66. The molecule has 0 spiro atoms. The Bertz CT molecular complexity index is 453. The summed E-state index contributed by atoms with van der Waals surface area (Å²) in [6, 6.07) is 5.31. The van der Waals surface area contributed by atoms with Crippen molar-refractivity contribution in [3.05, 3.63) is 34.4 Å². The molecule has 1 N–H and O–H groups in total. The van der Waals surface area contributed by atoms with Gasteiger partial charge in [0.2, 0.25) is 0 Å². The van der Waals surface area contributed by atoms with Crippen LogP contribution in [0.15, 0.2) is 12.1 Å². The van der Waals surface area contributed by atoms with Crippen LogP contribution in [0, 0.1) is 0 Å². The van der Waals surface area contributed by atoms with E-state index in [1.165, 1.54) is 35.1 Å². The van der Waals surface area contributed by atoms with E-state index in [9.17, 15) is 0 Å². The molecule has 1 unspecified atom stereocenters. The maximum absolute atomic E-state index is 5.66. The fourth-order valence-electron chi connectivity index (χ4n) is 3.02. The lowest BCUT2D eigenvalue weighted by Gasteiger charge is -2.24. The molecule has 1 fully saturated rings. The molecule has 2 heteroatoms. The summed E-state index contributed by atoms with van der Waals surface area (Å²) in [7, 11) is 0. The fourth-order valence-corrected chi connectivity index (χ4v) is 3.02. The lowest BCUT2D eigenvalue weighted by atomic mass is 9.82. The smallest absolute Gasteiger partial charge is 0.0728 e. The second kappa shape index (κ2) is 4.36. The minimum atomic E-state index is 0.213. The number of ether oxygens (including phenoxy) is 1. The van der Waals surface area contributed by atoms with Gasteiger partial charge in [-0.1, -0.05) is 32.9 Å². The molecule has 2 nitrogen and oxygen atoms in total. The first-order valence-corrected chi connectivity index (χ1v) is 7.03. The second-order valence-corrected chi connectivity index (χ2v) is 6.59. The first-order valence-electron chi connectivity index (χ1n) is 7.03. The molecule has 0 bridgehead atoms. The molecule has 0 radical (unpaired) electrons. The quantitative estimate of drug-likeness (QED) is 0.818. The summed E-state index contributed by atoms with van der Waals surface area (Å²) >= 11 is 0. The Kier molecular flexibility index (Phi) is 2.95. The van der Waals surface area contributed by atoms with Crippen LogP contribution in [-0.2, 0) is 23.4 Å². The highest BCUT2D eigenvalue weighted by Crippen LogP contribution is 2.36. The SMILES string of the molecule is CC(C)(C)c1cc2c(c(C3CCCN3)c1)COC2. The average Bonchev–Trinajstić information content (AvgIpc) is 2.97. The van der Waals surface area contributed by atoms with Gasteiger partial charge in [0.1, 0.15) is 0 Å². The van der Waals surface area contributed by atoms with Crippen LogP contribution in [0.3, 0.4) is 0 Å². The molecule has 2 aliphatic heterocycles. The van der Waals surface area contributed by atoms with E-state index in [-0.39, 0.29) is 5.41 Å². The Labute approximate surface area is 110 Å². The van der Waals surface area contributed by atoms with Gasteiger partial charge >= 0.3 is 0 Å². The third-order valence-corrected chi connectivity index (χ3v) is 4.18. The van der Waals surface area contributed by atoms with Gasteiger partial charge in [0, 0.05) is 6.04 Å². The molecule has 98 valence electrons. The van der Waals surface area contributed by atoms with Crippen molar-refractivity contribution >= 4 is 0 Å². The standard InChI is InChI=1S/C16H23NO/c1-16(2,3)12-7-11-9-18-10-14(11)13(8-12)15-5-4-6-17-15/h7-8,15,17H,4-6,9-10H2,1-3H3. The normalized spacial score (nSPS) is 23.4. The van der Waals surface area contributed by atoms with Crippen LogP contribution in [0.1, 0.15) is 61.9 Å². The van der Waals surface area contributed by atoms with Gasteiger partial charge in [0.15, 0.2) is 0 Å². The Hall–Kier alpha value is -0.860. The zero-order chi connectivity index (χ0) is 12.8. The third kappa shape index (κ3) is 2.08. The van der Waals surface area contributed by atoms with Crippen LogP contribution in [0.4, 0.5) is 0 Å². The van der Waals surface area contributed by atoms with E-state index in [1.54, 1.807) is 0 Å². The van der Waals surface area contributed by atoms with Gasteiger partial charge in [-0.2, -0.15) is 0 Å². The molecule has 1 aromatic carbocycles. The van der Waals surface area contributed by atoms with E-state index in [1.807, 2.05) is 0 Å². The largest absolute Gasteiger partial charge is 0.372 e. The highest BCUT2D eigenvalue weighted by molar-refractivity contribution is 5.44. The fraction of sp³-hybridized carbons (Fsp3) is 0.625. The summed E-state index contributed by atoms with van der Waals surface area (Å²) in [5.74, 6) is 0. The summed E-state index contributed by atoms with van der Waals surface area (Å²) in [5, 5.41) is 3.63. The molecule has 1 atom stereocenters. The summed E-state index contributed by atoms with van der Waals surface area (Å²) in [6.07, 6.45) is 2.56. The molecule has 18 heavy (non-hydrogen) atoms. The van der Waals surface area contributed by atoms with Gasteiger partial charge in [0.05, 0.1) is 13.2 Å². The van der Waals surface area contributed by atoms with Crippen LogP contribution in [0.2, 0.25) is 0 Å². The van der Waals surface area contributed by atoms with Gasteiger partial charge in [-0.15, -0.1) is 0 Å². The van der Waals surface area contributed by atoms with Gasteiger partial charge in [-0.05, 0) is 47.1 Å². The molecule has 3 rings (SSSR count). The molecule has 2 aliphatic rings. The van der Waals surface area contributed by atoms with E-state index in [0.717, 1.165) is 19.8 Å². The summed E-state index contributed by atoms with van der Waals surface area (Å²) in [4.78, 5) is 0. The molecule has 2 heterocycles. The zero-order valence-corrected chi connectivity index (χ0v) is 11.7. The molecule has 1 aromatic rings. The van der Waals surface area contributed by atoms with E-state index in [0.29, 0.717) is 6.04 Å². The van der Waals surface area contributed by atoms with Crippen molar-refractivity contribution in [2.45, 2.75) is 58.3 Å². The van der Waals surface area contributed by atoms with Crippen molar-refractivity contribution in [1.29, 1.82) is 0 Å². The Morgan fingerprint density at radius 3 is 2.72 bits per heavy atom. The van der Waals surface area contributed by atoms with Crippen LogP contribution in [0.25, 0.3) is 0 Å².